The summed E-state index contributed by atoms with van der Waals surface area (Å²) in [6.07, 6.45) is 11.5. The Hall–Kier alpha value is -0.0800. The number of hydrogen-bond donors (Lipinski definition) is 0. The van der Waals surface area contributed by atoms with Gasteiger partial charge >= 0.3 is 0 Å². The highest BCUT2D eigenvalue weighted by Crippen LogP contribution is 2.09. The lowest BCUT2D eigenvalue weighted by molar-refractivity contribution is -0.303. The molecule has 0 spiro atoms. The van der Waals surface area contributed by atoms with Crippen molar-refractivity contribution in [1.29, 1.82) is 0 Å². The van der Waals surface area contributed by atoms with E-state index in [0.717, 1.165) is 12.8 Å². The Morgan fingerprint density at radius 2 is 1.23 bits per heavy atom. The Bertz CT molecular complexity index is 74.2. The van der Waals surface area contributed by atoms with Crippen LogP contribution in [0.3, 0.4) is 0 Å². The summed E-state index contributed by atoms with van der Waals surface area (Å²) in [5.41, 5.74) is 0. The van der Waals surface area contributed by atoms with Crippen LogP contribution in [0.2, 0.25) is 0 Å². The first-order valence-electron chi connectivity index (χ1n) is 5.66. The van der Waals surface area contributed by atoms with E-state index in [2.05, 4.69) is 11.8 Å². The van der Waals surface area contributed by atoms with Crippen LogP contribution < -0.4 is 0 Å². The highest BCUT2D eigenvalue weighted by atomic mass is 17.1. The fraction of sp³-hybridized carbons (Fsp3) is 1.00. The summed E-state index contributed by atoms with van der Waals surface area (Å²) in [4.78, 5) is 3.75. The third kappa shape index (κ3) is 11.9. The van der Waals surface area contributed by atoms with Gasteiger partial charge in [0.15, 0.2) is 0 Å². The van der Waals surface area contributed by atoms with Crippen molar-refractivity contribution in [3.05, 3.63) is 0 Å². The van der Waals surface area contributed by atoms with Crippen molar-refractivity contribution < 1.29 is 10.1 Å². The maximum absolute atomic E-state index is 9.64. The van der Waals surface area contributed by atoms with Crippen molar-refractivity contribution in [3.8, 4) is 0 Å². The van der Waals surface area contributed by atoms with Crippen LogP contribution in [0.5, 0.6) is 0 Å². The lowest BCUT2D eigenvalue weighted by atomic mass is 10.1. The van der Waals surface area contributed by atoms with E-state index in [1.165, 1.54) is 44.9 Å². The van der Waals surface area contributed by atoms with Crippen LogP contribution >= 0.6 is 0 Å². The molecule has 13 heavy (non-hydrogen) atoms. The van der Waals surface area contributed by atoms with Gasteiger partial charge in [-0.25, -0.2) is 4.89 Å². The highest BCUT2D eigenvalue weighted by molar-refractivity contribution is 4.45. The molecule has 0 aliphatic carbocycles. The first kappa shape index (κ1) is 12.9. The Labute approximate surface area is 82.2 Å². The molecule has 1 radical (unpaired) electrons. The summed E-state index contributed by atoms with van der Waals surface area (Å²) in [6.45, 7) is 2.62. The van der Waals surface area contributed by atoms with Crippen molar-refractivity contribution in [2.24, 2.45) is 0 Å². The van der Waals surface area contributed by atoms with Gasteiger partial charge in [0.05, 0.1) is 6.61 Å². The molecule has 0 amide bonds. The van der Waals surface area contributed by atoms with Gasteiger partial charge in [-0.2, -0.15) is 0 Å². The average molecular weight is 187 g/mol. The smallest absolute Gasteiger partial charge is 0.0854 e. The molecule has 2 nitrogen and oxygen atoms in total. The van der Waals surface area contributed by atoms with Crippen LogP contribution in [-0.4, -0.2) is 6.61 Å². The second kappa shape index (κ2) is 11.9. The summed E-state index contributed by atoms with van der Waals surface area (Å²) in [5, 5.41) is 9.64. The van der Waals surface area contributed by atoms with Gasteiger partial charge in [0, 0.05) is 0 Å². The van der Waals surface area contributed by atoms with E-state index < -0.39 is 0 Å². The molecule has 0 aliphatic heterocycles. The van der Waals surface area contributed by atoms with E-state index in [1.807, 2.05) is 0 Å². The number of unbranched alkanes of at least 4 members (excludes halogenated alkanes) is 8. The van der Waals surface area contributed by atoms with Crippen molar-refractivity contribution >= 4 is 0 Å². The van der Waals surface area contributed by atoms with Gasteiger partial charge in [0.25, 0.3) is 0 Å². The fourth-order valence-corrected chi connectivity index (χ4v) is 1.47. The van der Waals surface area contributed by atoms with Gasteiger partial charge in [0.1, 0.15) is 0 Å². The van der Waals surface area contributed by atoms with Crippen molar-refractivity contribution in [2.75, 3.05) is 6.61 Å². The molecular weight excluding hydrogens is 164 g/mol. The summed E-state index contributed by atoms with van der Waals surface area (Å²) in [5.74, 6) is 0. The molecule has 0 rings (SSSR count). The molecule has 0 aromatic carbocycles. The van der Waals surface area contributed by atoms with E-state index in [0.29, 0.717) is 6.61 Å². The maximum atomic E-state index is 9.64. The van der Waals surface area contributed by atoms with Crippen LogP contribution in [0, 0.1) is 0 Å². The standard InChI is InChI=1S/C11H23O2/c1-2-3-4-5-6-7-8-9-10-11-13-12/h2-11H2,1H3. The van der Waals surface area contributed by atoms with Gasteiger partial charge in [-0.15, -0.1) is 0 Å². The molecule has 0 aromatic rings. The van der Waals surface area contributed by atoms with E-state index >= 15 is 0 Å². The van der Waals surface area contributed by atoms with Crippen LogP contribution in [0.1, 0.15) is 64.7 Å². The Kier molecular flexibility index (Phi) is 11.8. The topological polar surface area (TPSA) is 29.1 Å². The molecule has 0 bridgehead atoms. The SMILES string of the molecule is CCCCCCCCCCCO[O]. The van der Waals surface area contributed by atoms with Gasteiger partial charge in [-0.3, -0.25) is 0 Å². The van der Waals surface area contributed by atoms with Gasteiger partial charge in [0.2, 0.25) is 0 Å². The zero-order valence-electron chi connectivity index (χ0n) is 8.89. The molecule has 0 atom stereocenters. The van der Waals surface area contributed by atoms with E-state index in [9.17, 15) is 5.26 Å². The minimum Gasteiger partial charge on any atom is -0.204 e. The summed E-state index contributed by atoms with van der Waals surface area (Å²) < 4.78 is 0. The van der Waals surface area contributed by atoms with E-state index in [-0.39, 0.29) is 0 Å². The van der Waals surface area contributed by atoms with Crippen molar-refractivity contribution in [2.45, 2.75) is 64.7 Å². The van der Waals surface area contributed by atoms with Crippen LogP contribution in [0.15, 0.2) is 0 Å². The summed E-state index contributed by atoms with van der Waals surface area (Å²) in [7, 11) is 0. The Morgan fingerprint density at radius 3 is 1.69 bits per heavy atom. The predicted molar refractivity (Wildman–Crippen MR) is 53.9 cm³/mol. The zero-order chi connectivity index (χ0) is 9.78. The molecular formula is C11H23O2. The molecule has 79 valence electrons. The summed E-state index contributed by atoms with van der Waals surface area (Å²) in [6, 6.07) is 0. The number of rotatable bonds is 10. The van der Waals surface area contributed by atoms with Crippen molar-refractivity contribution in [1.82, 2.24) is 0 Å². The molecule has 0 aliphatic rings. The van der Waals surface area contributed by atoms with E-state index in [1.54, 1.807) is 0 Å². The van der Waals surface area contributed by atoms with Gasteiger partial charge in [-0.1, -0.05) is 58.3 Å². The molecule has 0 N–H and O–H groups in total. The van der Waals surface area contributed by atoms with Crippen LogP contribution in [0.4, 0.5) is 0 Å². The van der Waals surface area contributed by atoms with Crippen LogP contribution in [-0.2, 0) is 10.1 Å². The van der Waals surface area contributed by atoms with E-state index in [4.69, 9.17) is 0 Å². The molecule has 0 saturated carbocycles. The van der Waals surface area contributed by atoms with Gasteiger partial charge < -0.3 is 0 Å². The summed E-state index contributed by atoms with van der Waals surface area (Å²) >= 11 is 0. The third-order valence-corrected chi connectivity index (χ3v) is 2.33. The normalized spacial score (nSPS) is 10.6. The molecule has 0 aromatic heterocycles. The maximum Gasteiger partial charge on any atom is 0.0854 e. The fourth-order valence-electron chi connectivity index (χ4n) is 1.47. The first-order chi connectivity index (χ1) is 6.41. The first-order valence-corrected chi connectivity index (χ1v) is 5.66. The lowest BCUT2D eigenvalue weighted by Crippen LogP contribution is -1.87. The average Bonchev–Trinajstić information content (AvgIpc) is 2.16. The second-order valence-corrected chi connectivity index (χ2v) is 3.65. The lowest BCUT2D eigenvalue weighted by Gasteiger charge is -2.00. The molecule has 0 unspecified atom stereocenters. The highest BCUT2D eigenvalue weighted by Gasteiger charge is 1.91. The minimum absolute atomic E-state index is 0.385. The molecule has 0 saturated heterocycles. The molecule has 2 heteroatoms. The predicted octanol–water partition coefficient (Wildman–Crippen LogP) is 3.88. The van der Waals surface area contributed by atoms with Gasteiger partial charge in [-0.05, 0) is 11.7 Å². The number of hydrogen-bond acceptors (Lipinski definition) is 1. The largest absolute Gasteiger partial charge is 0.204 e. The Morgan fingerprint density at radius 1 is 0.769 bits per heavy atom. The van der Waals surface area contributed by atoms with Crippen LogP contribution in [0.25, 0.3) is 0 Å². The zero-order valence-corrected chi connectivity index (χ0v) is 8.89. The third-order valence-electron chi connectivity index (χ3n) is 2.33. The quantitative estimate of drug-likeness (QED) is 0.290. The Balaban J connectivity index is 2.76. The van der Waals surface area contributed by atoms with Crippen molar-refractivity contribution in [3.63, 3.8) is 0 Å². The molecule has 0 heterocycles. The second-order valence-electron chi connectivity index (χ2n) is 3.65. The molecule has 0 fully saturated rings. The monoisotopic (exact) mass is 187 g/mol. The minimum atomic E-state index is 0.385.